The van der Waals surface area contributed by atoms with Crippen molar-refractivity contribution in [1.29, 1.82) is 0 Å². The second kappa shape index (κ2) is 6.91. The third-order valence-electron chi connectivity index (χ3n) is 3.50. The summed E-state index contributed by atoms with van der Waals surface area (Å²) < 4.78 is 0. The lowest BCUT2D eigenvalue weighted by molar-refractivity contribution is -0.130. The molecule has 0 atom stereocenters. The standard InChI is InChI=1S/C15H21N3O3S/c1-15(2)13(20)18(14(21)17-15)9-3-6-12(19)16-8-7-11-5-4-10-22-11/h4-5,10H,3,6-9H2,1-2H3,(H,16,19)(H,17,21). The van der Waals surface area contributed by atoms with Gasteiger partial charge in [0.25, 0.3) is 5.91 Å². The van der Waals surface area contributed by atoms with Crippen molar-refractivity contribution in [3.8, 4) is 0 Å². The minimum Gasteiger partial charge on any atom is -0.356 e. The molecule has 4 amide bonds. The molecule has 1 saturated heterocycles. The molecule has 2 rings (SSSR count). The van der Waals surface area contributed by atoms with Gasteiger partial charge in [-0.15, -0.1) is 11.3 Å². The Hall–Kier alpha value is -1.89. The number of carbonyl (C=O) groups is 3. The molecule has 1 aliphatic heterocycles. The molecule has 2 heterocycles. The summed E-state index contributed by atoms with van der Waals surface area (Å²) >= 11 is 1.67. The minimum absolute atomic E-state index is 0.0529. The Morgan fingerprint density at radius 2 is 2.18 bits per heavy atom. The van der Waals surface area contributed by atoms with Crippen molar-refractivity contribution in [2.75, 3.05) is 13.1 Å². The van der Waals surface area contributed by atoms with Crippen LogP contribution >= 0.6 is 11.3 Å². The highest BCUT2D eigenvalue weighted by Crippen LogP contribution is 2.16. The van der Waals surface area contributed by atoms with E-state index in [9.17, 15) is 14.4 Å². The van der Waals surface area contributed by atoms with E-state index in [1.54, 1.807) is 25.2 Å². The van der Waals surface area contributed by atoms with Crippen LogP contribution in [0.5, 0.6) is 0 Å². The minimum atomic E-state index is -0.847. The van der Waals surface area contributed by atoms with Crippen molar-refractivity contribution in [2.45, 2.75) is 38.6 Å². The summed E-state index contributed by atoms with van der Waals surface area (Å²) in [6.45, 7) is 4.22. The summed E-state index contributed by atoms with van der Waals surface area (Å²) in [5.41, 5.74) is -0.847. The van der Waals surface area contributed by atoms with Gasteiger partial charge in [0.2, 0.25) is 5.91 Å². The second-order valence-corrected chi connectivity index (χ2v) is 6.83. The van der Waals surface area contributed by atoms with Crippen LogP contribution in [0.1, 0.15) is 31.6 Å². The topological polar surface area (TPSA) is 78.5 Å². The first kappa shape index (κ1) is 16.5. The molecule has 0 spiro atoms. The third kappa shape index (κ3) is 4.07. The average Bonchev–Trinajstić information content (AvgIpc) is 3.01. The summed E-state index contributed by atoms with van der Waals surface area (Å²) in [5, 5.41) is 7.48. The van der Waals surface area contributed by atoms with Crippen LogP contribution < -0.4 is 10.6 Å². The number of carbonyl (C=O) groups excluding carboxylic acids is 3. The van der Waals surface area contributed by atoms with Gasteiger partial charge in [-0.05, 0) is 38.1 Å². The first-order chi connectivity index (χ1) is 10.4. The molecule has 0 radical (unpaired) electrons. The number of nitrogens with one attached hydrogen (secondary N) is 2. The van der Waals surface area contributed by atoms with Gasteiger partial charge in [0.15, 0.2) is 0 Å². The second-order valence-electron chi connectivity index (χ2n) is 5.79. The first-order valence-corrected chi connectivity index (χ1v) is 8.21. The van der Waals surface area contributed by atoms with Crippen molar-refractivity contribution < 1.29 is 14.4 Å². The Labute approximate surface area is 133 Å². The summed E-state index contributed by atoms with van der Waals surface area (Å²) in [6.07, 6.45) is 1.60. The number of amides is 4. The molecule has 0 saturated carbocycles. The normalized spacial score (nSPS) is 16.7. The van der Waals surface area contributed by atoms with Crippen LogP contribution in [-0.4, -0.2) is 41.4 Å². The fraction of sp³-hybridized carbons (Fsp3) is 0.533. The molecule has 22 heavy (non-hydrogen) atoms. The van der Waals surface area contributed by atoms with Gasteiger partial charge >= 0.3 is 6.03 Å². The molecule has 0 aromatic carbocycles. The van der Waals surface area contributed by atoms with Gasteiger partial charge in [-0.1, -0.05) is 6.07 Å². The van der Waals surface area contributed by atoms with E-state index in [0.717, 1.165) is 6.42 Å². The van der Waals surface area contributed by atoms with Crippen LogP contribution in [0.2, 0.25) is 0 Å². The van der Waals surface area contributed by atoms with E-state index in [-0.39, 0.29) is 24.4 Å². The zero-order valence-electron chi connectivity index (χ0n) is 12.8. The smallest absolute Gasteiger partial charge is 0.325 e. The summed E-state index contributed by atoms with van der Waals surface area (Å²) in [4.78, 5) is 37.8. The van der Waals surface area contributed by atoms with Crippen LogP contribution in [0.3, 0.4) is 0 Å². The quantitative estimate of drug-likeness (QED) is 0.747. The Morgan fingerprint density at radius 3 is 2.77 bits per heavy atom. The Kier molecular flexibility index (Phi) is 5.18. The first-order valence-electron chi connectivity index (χ1n) is 7.33. The summed E-state index contributed by atoms with van der Waals surface area (Å²) in [6, 6.07) is 3.64. The molecule has 7 heteroatoms. The zero-order valence-corrected chi connectivity index (χ0v) is 13.7. The van der Waals surface area contributed by atoms with Crippen molar-refractivity contribution in [3.63, 3.8) is 0 Å². The van der Waals surface area contributed by atoms with Gasteiger partial charge in [0.05, 0.1) is 0 Å². The van der Waals surface area contributed by atoms with Gasteiger partial charge in [0.1, 0.15) is 5.54 Å². The van der Waals surface area contributed by atoms with Crippen molar-refractivity contribution in [1.82, 2.24) is 15.5 Å². The lowest BCUT2D eigenvalue weighted by Crippen LogP contribution is -2.40. The molecule has 0 aliphatic carbocycles. The van der Waals surface area contributed by atoms with Crippen LogP contribution in [-0.2, 0) is 16.0 Å². The van der Waals surface area contributed by atoms with E-state index in [4.69, 9.17) is 0 Å². The Balaban J connectivity index is 1.65. The molecule has 1 fully saturated rings. The van der Waals surface area contributed by atoms with Gasteiger partial charge in [0, 0.05) is 24.4 Å². The monoisotopic (exact) mass is 323 g/mol. The van der Waals surface area contributed by atoms with Crippen LogP contribution in [0, 0.1) is 0 Å². The molecule has 0 bridgehead atoms. The van der Waals surface area contributed by atoms with E-state index in [2.05, 4.69) is 10.6 Å². The van der Waals surface area contributed by atoms with Crippen LogP contribution in [0.4, 0.5) is 4.79 Å². The molecule has 1 aliphatic rings. The lowest BCUT2D eigenvalue weighted by atomic mass is 10.1. The highest BCUT2D eigenvalue weighted by molar-refractivity contribution is 7.09. The lowest BCUT2D eigenvalue weighted by Gasteiger charge is -2.15. The van der Waals surface area contributed by atoms with Crippen LogP contribution in [0.15, 0.2) is 17.5 Å². The molecule has 1 aromatic rings. The predicted octanol–water partition coefficient (Wildman–Crippen LogP) is 1.52. The molecule has 120 valence electrons. The number of thiophene rings is 1. The van der Waals surface area contributed by atoms with E-state index in [0.29, 0.717) is 19.4 Å². The number of hydrogen-bond donors (Lipinski definition) is 2. The summed E-state index contributed by atoms with van der Waals surface area (Å²) in [5.74, 6) is -0.293. The molecular formula is C15H21N3O3S. The molecule has 1 aromatic heterocycles. The Bertz CT molecular complexity index is 554. The number of hydrogen-bond acceptors (Lipinski definition) is 4. The van der Waals surface area contributed by atoms with Crippen LogP contribution in [0.25, 0.3) is 0 Å². The van der Waals surface area contributed by atoms with Gasteiger partial charge in [-0.2, -0.15) is 0 Å². The highest BCUT2D eigenvalue weighted by Gasteiger charge is 2.43. The maximum atomic E-state index is 12.0. The number of nitrogens with zero attached hydrogens (tertiary/aromatic N) is 1. The SMILES string of the molecule is CC1(C)NC(=O)N(CCCC(=O)NCCc2cccs2)C1=O. The number of rotatable bonds is 7. The van der Waals surface area contributed by atoms with E-state index < -0.39 is 5.54 Å². The fourth-order valence-corrected chi connectivity index (χ4v) is 3.00. The number of imide groups is 1. The van der Waals surface area contributed by atoms with Crippen molar-refractivity contribution in [3.05, 3.63) is 22.4 Å². The zero-order chi connectivity index (χ0) is 16.2. The van der Waals surface area contributed by atoms with Crippen molar-refractivity contribution in [2.24, 2.45) is 0 Å². The largest absolute Gasteiger partial charge is 0.356 e. The van der Waals surface area contributed by atoms with E-state index in [1.165, 1.54) is 9.78 Å². The average molecular weight is 323 g/mol. The molecule has 2 N–H and O–H groups in total. The maximum absolute atomic E-state index is 12.0. The third-order valence-corrected chi connectivity index (χ3v) is 4.44. The maximum Gasteiger partial charge on any atom is 0.325 e. The highest BCUT2D eigenvalue weighted by atomic mass is 32.1. The van der Waals surface area contributed by atoms with Gasteiger partial charge < -0.3 is 10.6 Å². The number of urea groups is 1. The van der Waals surface area contributed by atoms with Gasteiger partial charge in [-0.25, -0.2) is 4.79 Å². The molecular weight excluding hydrogens is 302 g/mol. The van der Waals surface area contributed by atoms with Crippen molar-refractivity contribution >= 4 is 29.2 Å². The fourth-order valence-electron chi connectivity index (χ4n) is 2.29. The van der Waals surface area contributed by atoms with E-state index >= 15 is 0 Å². The molecule has 0 unspecified atom stereocenters. The molecule has 6 nitrogen and oxygen atoms in total. The predicted molar refractivity (Wildman–Crippen MR) is 84.6 cm³/mol. The van der Waals surface area contributed by atoms with E-state index in [1.807, 2.05) is 17.5 Å². The van der Waals surface area contributed by atoms with Gasteiger partial charge in [-0.3, -0.25) is 14.5 Å². The summed E-state index contributed by atoms with van der Waals surface area (Å²) in [7, 11) is 0. The Morgan fingerprint density at radius 1 is 1.41 bits per heavy atom.